The first-order valence-electron chi connectivity index (χ1n) is 8.08. The fourth-order valence-corrected chi connectivity index (χ4v) is 2.40. The van der Waals surface area contributed by atoms with Crippen LogP contribution in [-0.2, 0) is 15.7 Å². The van der Waals surface area contributed by atoms with Gasteiger partial charge < -0.3 is 10.1 Å². The minimum absolute atomic E-state index is 0.0565. The molecule has 1 aliphatic rings. The monoisotopic (exact) mass is 363 g/mol. The van der Waals surface area contributed by atoms with E-state index in [-0.39, 0.29) is 11.6 Å². The molecule has 1 atom stereocenters. The fourth-order valence-electron chi connectivity index (χ4n) is 2.40. The second-order valence-corrected chi connectivity index (χ2v) is 6.06. The first-order chi connectivity index (χ1) is 12.3. The number of halogens is 3. The zero-order chi connectivity index (χ0) is 18.7. The number of amides is 1. The third-order valence-corrected chi connectivity index (χ3v) is 3.91. The van der Waals surface area contributed by atoms with E-state index in [4.69, 9.17) is 4.74 Å². The van der Waals surface area contributed by atoms with E-state index in [0.717, 1.165) is 25.0 Å². The summed E-state index contributed by atoms with van der Waals surface area (Å²) in [6.07, 6.45) is -4.08. The number of hydrogen-bond donors (Lipinski definition) is 1. The number of carbonyl (C=O) groups excluding carboxylic acids is 2. The van der Waals surface area contributed by atoms with Crippen molar-refractivity contribution in [3.63, 3.8) is 0 Å². The Kier molecular flexibility index (Phi) is 4.97. The molecule has 0 spiro atoms. The average Bonchev–Trinajstić information content (AvgIpc) is 3.43. The number of esters is 1. The van der Waals surface area contributed by atoms with Gasteiger partial charge in [-0.05, 0) is 31.0 Å². The van der Waals surface area contributed by atoms with Crippen molar-refractivity contribution < 1.29 is 27.5 Å². The van der Waals surface area contributed by atoms with Gasteiger partial charge in [-0.1, -0.05) is 36.4 Å². The molecule has 0 bridgehead atoms. The molecule has 136 valence electrons. The lowest BCUT2D eigenvalue weighted by Crippen LogP contribution is -2.33. The minimum Gasteiger partial charge on any atom is -0.444 e. The smallest absolute Gasteiger partial charge is 0.416 e. The van der Waals surface area contributed by atoms with Gasteiger partial charge in [0, 0.05) is 11.6 Å². The van der Waals surface area contributed by atoms with Gasteiger partial charge in [0.05, 0.1) is 11.1 Å². The van der Waals surface area contributed by atoms with Crippen LogP contribution in [0.3, 0.4) is 0 Å². The first kappa shape index (κ1) is 18.0. The molecular formula is C19H16F3NO3. The van der Waals surface area contributed by atoms with Gasteiger partial charge >= 0.3 is 12.1 Å². The first-order valence-corrected chi connectivity index (χ1v) is 8.08. The summed E-state index contributed by atoms with van der Waals surface area (Å²) in [7, 11) is 0. The molecule has 2 aromatic carbocycles. The molecule has 1 aliphatic carbocycles. The van der Waals surface area contributed by atoms with Gasteiger partial charge in [0.1, 0.15) is 0 Å². The number of rotatable bonds is 5. The Balaban J connectivity index is 1.82. The zero-order valence-electron chi connectivity index (χ0n) is 13.6. The molecular weight excluding hydrogens is 347 g/mol. The molecule has 0 heterocycles. The standard InChI is InChI=1S/C19H16F3NO3/c20-19(21,22)14-8-4-7-13(11-14)18(25)26-16(12-5-2-1-3-6-12)17(24)23-15-9-10-15/h1-8,11,15-16H,9-10H2,(H,23,24)/t16-/m0/s1. The largest absolute Gasteiger partial charge is 0.444 e. The SMILES string of the molecule is O=C(O[C@H](C(=O)NC1CC1)c1ccccc1)c1cccc(C(F)(F)F)c1. The van der Waals surface area contributed by atoms with Crippen LogP contribution < -0.4 is 5.32 Å². The number of benzene rings is 2. The van der Waals surface area contributed by atoms with Crippen LogP contribution >= 0.6 is 0 Å². The van der Waals surface area contributed by atoms with Crippen molar-refractivity contribution in [3.05, 3.63) is 71.3 Å². The maximum atomic E-state index is 12.8. The fraction of sp³-hybridized carbons (Fsp3) is 0.263. The van der Waals surface area contributed by atoms with Gasteiger partial charge in [-0.2, -0.15) is 13.2 Å². The van der Waals surface area contributed by atoms with Crippen LogP contribution in [0.5, 0.6) is 0 Å². The molecule has 1 amide bonds. The van der Waals surface area contributed by atoms with Crippen LogP contribution in [0.2, 0.25) is 0 Å². The molecule has 0 saturated heterocycles. The molecule has 0 aromatic heterocycles. The summed E-state index contributed by atoms with van der Waals surface area (Å²) in [5, 5.41) is 2.75. The maximum absolute atomic E-state index is 12.8. The Labute approximate surface area is 148 Å². The Bertz CT molecular complexity index is 801. The third-order valence-electron chi connectivity index (χ3n) is 3.91. The summed E-state index contributed by atoms with van der Waals surface area (Å²) in [6, 6.07) is 12.3. The predicted molar refractivity (Wildman–Crippen MR) is 87.2 cm³/mol. The molecule has 0 radical (unpaired) electrons. The van der Waals surface area contributed by atoms with Crippen molar-refractivity contribution >= 4 is 11.9 Å². The highest BCUT2D eigenvalue weighted by molar-refractivity contribution is 5.93. The predicted octanol–water partition coefficient (Wildman–Crippen LogP) is 3.88. The lowest BCUT2D eigenvalue weighted by atomic mass is 10.1. The second-order valence-electron chi connectivity index (χ2n) is 6.06. The number of carbonyl (C=O) groups is 2. The Morgan fingerprint density at radius 3 is 2.35 bits per heavy atom. The van der Waals surface area contributed by atoms with Crippen LogP contribution in [0.15, 0.2) is 54.6 Å². The van der Waals surface area contributed by atoms with E-state index in [0.29, 0.717) is 11.6 Å². The highest BCUT2D eigenvalue weighted by atomic mass is 19.4. The maximum Gasteiger partial charge on any atom is 0.416 e. The van der Waals surface area contributed by atoms with Crippen LogP contribution in [0.4, 0.5) is 13.2 Å². The topological polar surface area (TPSA) is 55.4 Å². The lowest BCUT2D eigenvalue weighted by Gasteiger charge is -2.18. The zero-order valence-corrected chi connectivity index (χ0v) is 13.6. The summed E-state index contributed by atoms with van der Waals surface area (Å²) in [6.45, 7) is 0. The second kappa shape index (κ2) is 7.19. The van der Waals surface area contributed by atoms with Gasteiger partial charge in [0.15, 0.2) is 0 Å². The lowest BCUT2D eigenvalue weighted by molar-refractivity contribution is -0.137. The molecule has 7 heteroatoms. The van der Waals surface area contributed by atoms with E-state index < -0.39 is 29.7 Å². The Hall–Kier alpha value is -2.83. The number of alkyl halides is 3. The van der Waals surface area contributed by atoms with Gasteiger partial charge in [-0.15, -0.1) is 0 Å². The van der Waals surface area contributed by atoms with E-state index in [1.54, 1.807) is 30.3 Å². The Morgan fingerprint density at radius 1 is 1.04 bits per heavy atom. The molecule has 1 fully saturated rings. The quantitative estimate of drug-likeness (QED) is 0.820. The number of ether oxygens (including phenoxy) is 1. The van der Waals surface area contributed by atoms with Crippen LogP contribution in [0.25, 0.3) is 0 Å². The minimum atomic E-state index is -4.57. The summed E-state index contributed by atoms with van der Waals surface area (Å²) in [4.78, 5) is 24.8. The molecule has 26 heavy (non-hydrogen) atoms. The van der Waals surface area contributed by atoms with Gasteiger partial charge in [-0.3, -0.25) is 4.79 Å². The van der Waals surface area contributed by atoms with Crippen molar-refractivity contribution in [2.75, 3.05) is 0 Å². The van der Waals surface area contributed by atoms with Crippen molar-refractivity contribution in [2.45, 2.75) is 31.2 Å². The summed E-state index contributed by atoms with van der Waals surface area (Å²) in [5.74, 6) is -1.48. The van der Waals surface area contributed by atoms with Gasteiger partial charge in [0.2, 0.25) is 6.10 Å². The van der Waals surface area contributed by atoms with Gasteiger partial charge in [-0.25, -0.2) is 4.79 Å². The van der Waals surface area contributed by atoms with Crippen LogP contribution in [-0.4, -0.2) is 17.9 Å². The molecule has 1 saturated carbocycles. The van der Waals surface area contributed by atoms with E-state index in [1.807, 2.05) is 0 Å². The third kappa shape index (κ3) is 4.41. The highest BCUT2D eigenvalue weighted by Gasteiger charge is 2.33. The van der Waals surface area contributed by atoms with Crippen LogP contribution in [0, 0.1) is 0 Å². The summed E-state index contributed by atoms with van der Waals surface area (Å²) >= 11 is 0. The van der Waals surface area contributed by atoms with Crippen molar-refractivity contribution in [1.29, 1.82) is 0 Å². The van der Waals surface area contributed by atoms with Crippen molar-refractivity contribution in [1.82, 2.24) is 5.32 Å². The van der Waals surface area contributed by atoms with E-state index >= 15 is 0 Å². The van der Waals surface area contributed by atoms with E-state index in [2.05, 4.69) is 5.32 Å². The molecule has 2 aromatic rings. The van der Waals surface area contributed by atoms with E-state index in [9.17, 15) is 22.8 Å². The average molecular weight is 363 g/mol. The molecule has 0 unspecified atom stereocenters. The summed E-state index contributed by atoms with van der Waals surface area (Å²) in [5.41, 5.74) is -0.767. The van der Waals surface area contributed by atoms with Crippen molar-refractivity contribution in [3.8, 4) is 0 Å². The highest BCUT2D eigenvalue weighted by Crippen LogP contribution is 2.30. The number of hydrogen-bond acceptors (Lipinski definition) is 3. The molecule has 1 N–H and O–H groups in total. The molecule has 0 aliphatic heterocycles. The molecule has 4 nitrogen and oxygen atoms in total. The van der Waals surface area contributed by atoms with Gasteiger partial charge in [0.25, 0.3) is 5.91 Å². The van der Waals surface area contributed by atoms with Crippen LogP contribution in [0.1, 0.15) is 40.4 Å². The number of nitrogens with one attached hydrogen (secondary N) is 1. The summed E-state index contributed by atoms with van der Waals surface area (Å²) < 4.78 is 43.7. The van der Waals surface area contributed by atoms with Crippen molar-refractivity contribution in [2.24, 2.45) is 0 Å². The normalized spacial score (nSPS) is 15.2. The molecule has 3 rings (SSSR count). The Morgan fingerprint density at radius 2 is 1.73 bits per heavy atom. The van der Waals surface area contributed by atoms with E-state index in [1.165, 1.54) is 6.07 Å².